The van der Waals surface area contributed by atoms with Gasteiger partial charge in [-0.25, -0.2) is 0 Å². The molecule has 0 radical (unpaired) electrons. The second-order valence-electron chi connectivity index (χ2n) is 5.13. The summed E-state index contributed by atoms with van der Waals surface area (Å²) in [5.74, 6) is -0.316. The van der Waals surface area contributed by atoms with Crippen molar-refractivity contribution in [2.24, 2.45) is 5.73 Å². The van der Waals surface area contributed by atoms with E-state index in [1.165, 1.54) is 0 Å². The zero-order valence-corrected chi connectivity index (χ0v) is 13.4. The van der Waals surface area contributed by atoms with E-state index in [9.17, 15) is 4.79 Å². The van der Waals surface area contributed by atoms with E-state index in [4.69, 9.17) is 15.7 Å². The standard InChI is InChI=1S/C15H27N5O2/c1-2-22-11-3-5-18-15(21)14(12-17)13-20-9-7-19(6-4-16)8-10-20/h13H,2-11,16H2,1H3,(H,18,21)/b14-13-. The van der Waals surface area contributed by atoms with Gasteiger partial charge in [0.1, 0.15) is 11.6 Å². The highest BCUT2D eigenvalue weighted by Gasteiger charge is 2.16. The second-order valence-corrected chi connectivity index (χ2v) is 5.13. The third-order valence-corrected chi connectivity index (χ3v) is 3.48. The average molecular weight is 309 g/mol. The van der Waals surface area contributed by atoms with Gasteiger partial charge in [-0.15, -0.1) is 0 Å². The molecule has 0 spiro atoms. The van der Waals surface area contributed by atoms with Crippen molar-refractivity contribution < 1.29 is 9.53 Å². The second kappa shape index (κ2) is 11.0. The highest BCUT2D eigenvalue weighted by atomic mass is 16.5. The molecular weight excluding hydrogens is 282 g/mol. The van der Waals surface area contributed by atoms with Crippen LogP contribution >= 0.6 is 0 Å². The molecule has 0 aliphatic carbocycles. The van der Waals surface area contributed by atoms with Crippen LogP contribution in [0.3, 0.4) is 0 Å². The Hall–Kier alpha value is -1.62. The van der Waals surface area contributed by atoms with E-state index < -0.39 is 0 Å². The van der Waals surface area contributed by atoms with Crippen molar-refractivity contribution in [3.63, 3.8) is 0 Å². The van der Waals surface area contributed by atoms with Crippen LogP contribution in [0.15, 0.2) is 11.8 Å². The van der Waals surface area contributed by atoms with Crippen LogP contribution in [0.25, 0.3) is 0 Å². The Morgan fingerprint density at radius 2 is 2.14 bits per heavy atom. The summed E-state index contributed by atoms with van der Waals surface area (Å²) in [6.45, 7) is 8.71. The van der Waals surface area contributed by atoms with Gasteiger partial charge in [0.05, 0.1) is 0 Å². The zero-order valence-electron chi connectivity index (χ0n) is 13.4. The lowest BCUT2D eigenvalue weighted by atomic mass is 10.2. The molecule has 1 amide bonds. The number of piperazine rings is 1. The largest absolute Gasteiger partial charge is 0.382 e. The number of nitrogens with zero attached hydrogens (tertiary/aromatic N) is 3. The van der Waals surface area contributed by atoms with Crippen LogP contribution < -0.4 is 11.1 Å². The van der Waals surface area contributed by atoms with Gasteiger partial charge in [0.2, 0.25) is 0 Å². The van der Waals surface area contributed by atoms with E-state index in [2.05, 4.69) is 10.2 Å². The van der Waals surface area contributed by atoms with E-state index in [1.807, 2.05) is 17.9 Å². The van der Waals surface area contributed by atoms with Crippen molar-refractivity contribution >= 4 is 5.91 Å². The predicted molar refractivity (Wildman–Crippen MR) is 84.9 cm³/mol. The Balaban J connectivity index is 2.36. The fourth-order valence-electron chi connectivity index (χ4n) is 2.24. The lowest BCUT2D eigenvalue weighted by molar-refractivity contribution is -0.117. The maximum absolute atomic E-state index is 12.0. The fourth-order valence-corrected chi connectivity index (χ4v) is 2.24. The van der Waals surface area contributed by atoms with Crippen molar-refractivity contribution in [1.29, 1.82) is 5.26 Å². The minimum atomic E-state index is -0.316. The number of carbonyl (C=O) groups is 1. The molecule has 1 fully saturated rings. The van der Waals surface area contributed by atoms with Gasteiger partial charge in [-0.3, -0.25) is 9.69 Å². The van der Waals surface area contributed by atoms with Crippen LogP contribution in [0.4, 0.5) is 0 Å². The predicted octanol–water partition coefficient (Wildman–Crippen LogP) is -0.487. The summed E-state index contributed by atoms with van der Waals surface area (Å²) in [4.78, 5) is 16.3. The number of hydrogen-bond acceptors (Lipinski definition) is 6. The van der Waals surface area contributed by atoms with Gasteiger partial charge >= 0.3 is 0 Å². The molecule has 1 aliphatic rings. The van der Waals surface area contributed by atoms with Gasteiger partial charge in [0, 0.05) is 65.2 Å². The van der Waals surface area contributed by atoms with E-state index in [0.717, 1.165) is 39.1 Å². The number of nitrogens with one attached hydrogen (secondary N) is 1. The normalized spacial score (nSPS) is 16.4. The average Bonchev–Trinajstić information content (AvgIpc) is 2.54. The smallest absolute Gasteiger partial charge is 0.263 e. The van der Waals surface area contributed by atoms with E-state index in [1.54, 1.807) is 6.20 Å². The van der Waals surface area contributed by atoms with Crippen molar-refractivity contribution in [1.82, 2.24) is 15.1 Å². The van der Waals surface area contributed by atoms with Gasteiger partial charge in [0.15, 0.2) is 0 Å². The molecule has 0 aromatic heterocycles. The number of rotatable bonds is 9. The monoisotopic (exact) mass is 309 g/mol. The SMILES string of the molecule is CCOCCCNC(=O)/C(C#N)=C\N1CCN(CCN)CC1. The summed E-state index contributed by atoms with van der Waals surface area (Å²) >= 11 is 0. The molecule has 7 nitrogen and oxygen atoms in total. The third-order valence-electron chi connectivity index (χ3n) is 3.48. The summed E-state index contributed by atoms with van der Waals surface area (Å²) in [7, 11) is 0. The zero-order chi connectivity index (χ0) is 16.2. The van der Waals surface area contributed by atoms with E-state index >= 15 is 0 Å². The number of amides is 1. The Labute approximate surface area is 132 Å². The van der Waals surface area contributed by atoms with Gasteiger partial charge in [-0.2, -0.15) is 5.26 Å². The highest BCUT2D eigenvalue weighted by molar-refractivity contribution is 5.97. The van der Waals surface area contributed by atoms with E-state index in [0.29, 0.717) is 26.3 Å². The Morgan fingerprint density at radius 1 is 1.41 bits per heavy atom. The minimum absolute atomic E-state index is 0.156. The van der Waals surface area contributed by atoms with Crippen molar-refractivity contribution in [2.75, 3.05) is 59.0 Å². The van der Waals surface area contributed by atoms with Crippen LogP contribution in [0, 0.1) is 11.3 Å². The first-order valence-electron chi connectivity index (χ1n) is 7.85. The number of carbonyl (C=O) groups excluding carboxylic acids is 1. The van der Waals surface area contributed by atoms with Crippen molar-refractivity contribution in [2.45, 2.75) is 13.3 Å². The molecule has 22 heavy (non-hydrogen) atoms. The van der Waals surface area contributed by atoms with Crippen LogP contribution in [0.2, 0.25) is 0 Å². The summed E-state index contributed by atoms with van der Waals surface area (Å²) < 4.78 is 5.20. The Bertz CT molecular complexity index is 397. The maximum Gasteiger partial charge on any atom is 0.263 e. The summed E-state index contributed by atoms with van der Waals surface area (Å²) in [6, 6.07) is 1.98. The Kier molecular flexibility index (Phi) is 9.23. The molecule has 0 atom stereocenters. The molecule has 0 saturated carbocycles. The minimum Gasteiger partial charge on any atom is -0.382 e. The first kappa shape index (κ1) is 18.4. The molecular formula is C15H27N5O2. The summed E-state index contributed by atoms with van der Waals surface area (Å²) in [5.41, 5.74) is 5.70. The first-order valence-corrected chi connectivity index (χ1v) is 7.85. The molecule has 0 unspecified atom stereocenters. The lowest BCUT2D eigenvalue weighted by Gasteiger charge is -2.33. The summed E-state index contributed by atoms with van der Waals surface area (Å²) in [6.07, 6.45) is 2.41. The fraction of sp³-hybridized carbons (Fsp3) is 0.733. The molecule has 1 saturated heterocycles. The van der Waals surface area contributed by atoms with Gasteiger partial charge in [-0.05, 0) is 13.3 Å². The van der Waals surface area contributed by atoms with Crippen LogP contribution in [0.5, 0.6) is 0 Å². The topological polar surface area (TPSA) is 94.6 Å². The highest BCUT2D eigenvalue weighted by Crippen LogP contribution is 2.04. The number of hydrogen-bond donors (Lipinski definition) is 2. The summed E-state index contributed by atoms with van der Waals surface area (Å²) in [5, 5.41) is 11.9. The van der Waals surface area contributed by atoms with Crippen molar-refractivity contribution in [3.8, 4) is 6.07 Å². The van der Waals surface area contributed by atoms with Crippen molar-refractivity contribution in [3.05, 3.63) is 11.8 Å². The molecule has 1 heterocycles. The van der Waals surface area contributed by atoms with Crippen LogP contribution in [-0.4, -0.2) is 74.7 Å². The Morgan fingerprint density at radius 3 is 2.73 bits per heavy atom. The van der Waals surface area contributed by atoms with Crippen LogP contribution in [0.1, 0.15) is 13.3 Å². The van der Waals surface area contributed by atoms with E-state index in [-0.39, 0.29) is 11.5 Å². The lowest BCUT2D eigenvalue weighted by Crippen LogP contribution is -2.46. The maximum atomic E-state index is 12.0. The molecule has 0 aromatic rings. The van der Waals surface area contributed by atoms with Gasteiger partial charge < -0.3 is 20.7 Å². The number of ether oxygens (including phenoxy) is 1. The quantitative estimate of drug-likeness (QED) is 0.339. The van der Waals surface area contributed by atoms with Crippen LogP contribution in [-0.2, 0) is 9.53 Å². The molecule has 3 N–H and O–H groups in total. The first-order chi connectivity index (χ1) is 10.7. The number of nitrogens with two attached hydrogens (primary N) is 1. The molecule has 124 valence electrons. The van der Waals surface area contributed by atoms with Gasteiger partial charge in [0.25, 0.3) is 5.91 Å². The molecule has 1 rings (SSSR count). The third kappa shape index (κ3) is 6.89. The molecule has 0 aromatic carbocycles. The molecule has 1 aliphatic heterocycles. The van der Waals surface area contributed by atoms with Gasteiger partial charge in [-0.1, -0.05) is 0 Å². The molecule has 7 heteroatoms. The molecule has 0 bridgehead atoms. The number of nitriles is 1.